The number of benzene rings is 1. The van der Waals surface area contributed by atoms with Gasteiger partial charge in [-0.3, -0.25) is 4.68 Å². The Hall–Kier alpha value is -1.52. The van der Waals surface area contributed by atoms with Gasteiger partial charge in [-0.2, -0.15) is 5.10 Å². The lowest BCUT2D eigenvalue weighted by Gasteiger charge is -2.18. The average molecular weight is 308 g/mol. The maximum absolute atomic E-state index is 6.36. The summed E-state index contributed by atoms with van der Waals surface area (Å²) in [7, 11) is 1.94. The zero-order chi connectivity index (χ0) is 15.2. The van der Waals surface area contributed by atoms with Gasteiger partial charge in [0.15, 0.2) is 0 Å². The standard InChI is InChI=1S/C16H22ClN3O/c1-4-20-15(16(17)12(2)19-20)10-13(18-3)11-21-14-8-6-5-7-9-14/h5-9,13,18H,4,10-11H2,1-3H3. The molecule has 0 saturated heterocycles. The SMILES string of the molecule is CCn1nc(C)c(Cl)c1CC(COc1ccccc1)NC. The third-order valence-electron chi connectivity index (χ3n) is 3.50. The smallest absolute Gasteiger partial charge is 0.119 e. The van der Waals surface area contributed by atoms with Gasteiger partial charge in [-0.05, 0) is 33.0 Å². The summed E-state index contributed by atoms with van der Waals surface area (Å²) in [6, 6.07) is 10.0. The number of nitrogens with zero attached hydrogens (tertiary/aromatic N) is 2. The molecule has 1 aromatic carbocycles. The molecule has 0 amide bonds. The summed E-state index contributed by atoms with van der Waals surface area (Å²) < 4.78 is 7.78. The van der Waals surface area contributed by atoms with E-state index in [1.54, 1.807) is 0 Å². The fourth-order valence-electron chi connectivity index (χ4n) is 2.26. The number of aromatic nitrogens is 2. The maximum atomic E-state index is 6.36. The Balaban J connectivity index is 2.02. The van der Waals surface area contributed by atoms with E-state index in [-0.39, 0.29) is 6.04 Å². The van der Waals surface area contributed by atoms with Crippen molar-refractivity contribution in [2.24, 2.45) is 0 Å². The summed E-state index contributed by atoms with van der Waals surface area (Å²) in [6.07, 6.45) is 0.789. The summed E-state index contributed by atoms with van der Waals surface area (Å²) in [5.41, 5.74) is 1.94. The van der Waals surface area contributed by atoms with Gasteiger partial charge in [-0.25, -0.2) is 0 Å². The predicted octanol–water partition coefficient (Wildman–Crippen LogP) is 3.07. The number of para-hydroxylation sites is 1. The van der Waals surface area contributed by atoms with E-state index in [9.17, 15) is 0 Å². The topological polar surface area (TPSA) is 39.1 Å². The largest absolute Gasteiger partial charge is 0.492 e. The van der Waals surface area contributed by atoms with Crippen LogP contribution in [0, 0.1) is 6.92 Å². The molecule has 0 radical (unpaired) electrons. The van der Waals surface area contributed by atoms with Gasteiger partial charge in [0, 0.05) is 19.0 Å². The fraction of sp³-hybridized carbons (Fsp3) is 0.438. The first kappa shape index (κ1) is 15.9. The molecule has 5 heteroatoms. The third-order valence-corrected chi connectivity index (χ3v) is 3.99. The number of hydrogen-bond acceptors (Lipinski definition) is 3. The number of nitrogens with one attached hydrogen (secondary N) is 1. The highest BCUT2D eigenvalue weighted by molar-refractivity contribution is 6.31. The van der Waals surface area contributed by atoms with Crippen molar-refractivity contribution in [1.82, 2.24) is 15.1 Å². The Morgan fingerprint density at radius 3 is 2.67 bits per heavy atom. The molecule has 0 aliphatic carbocycles. The van der Waals surface area contributed by atoms with Crippen LogP contribution in [-0.4, -0.2) is 29.5 Å². The number of ether oxygens (including phenoxy) is 1. The van der Waals surface area contributed by atoms with Crippen molar-refractivity contribution in [2.75, 3.05) is 13.7 Å². The Morgan fingerprint density at radius 1 is 1.33 bits per heavy atom. The lowest BCUT2D eigenvalue weighted by molar-refractivity contribution is 0.267. The van der Waals surface area contributed by atoms with Crippen LogP contribution in [0.3, 0.4) is 0 Å². The van der Waals surface area contributed by atoms with Gasteiger partial charge in [0.2, 0.25) is 0 Å². The molecule has 0 bridgehead atoms. The van der Waals surface area contributed by atoms with Gasteiger partial charge >= 0.3 is 0 Å². The normalized spacial score (nSPS) is 12.4. The van der Waals surface area contributed by atoms with Crippen molar-refractivity contribution in [2.45, 2.75) is 32.9 Å². The van der Waals surface area contributed by atoms with Crippen LogP contribution in [0.15, 0.2) is 30.3 Å². The van der Waals surface area contributed by atoms with Gasteiger partial charge in [0.25, 0.3) is 0 Å². The molecular weight excluding hydrogens is 286 g/mol. The number of hydrogen-bond donors (Lipinski definition) is 1. The van der Waals surface area contributed by atoms with E-state index >= 15 is 0 Å². The molecule has 1 unspecified atom stereocenters. The van der Waals surface area contributed by atoms with Crippen LogP contribution in [-0.2, 0) is 13.0 Å². The van der Waals surface area contributed by atoms with E-state index in [1.165, 1.54) is 0 Å². The van der Waals surface area contributed by atoms with Gasteiger partial charge in [-0.15, -0.1) is 0 Å². The minimum Gasteiger partial charge on any atom is -0.492 e. The van der Waals surface area contributed by atoms with E-state index in [4.69, 9.17) is 16.3 Å². The van der Waals surface area contributed by atoms with Crippen LogP contribution >= 0.6 is 11.6 Å². The molecule has 1 aromatic heterocycles. The highest BCUT2D eigenvalue weighted by Gasteiger charge is 2.17. The van der Waals surface area contributed by atoms with Crippen LogP contribution in [0.25, 0.3) is 0 Å². The van der Waals surface area contributed by atoms with E-state index in [2.05, 4.69) is 17.3 Å². The van der Waals surface area contributed by atoms with E-state index in [0.29, 0.717) is 6.61 Å². The summed E-state index contributed by atoms with van der Waals surface area (Å²) in [4.78, 5) is 0. The van der Waals surface area contributed by atoms with Crippen LogP contribution in [0.1, 0.15) is 18.3 Å². The second-order valence-corrected chi connectivity index (χ2v) is 5.35. The van der Waals surface area contributed by atoms with Gasteiger partial charge < -0.3 is 10.1 Å². The summed E-state index contributed by atoms with van der Waals surface area (Å²) in [6.45, 7) is 5.41. The molecular formula is C16H22ClN3O. The van der Waals surface area contributed by atoms with Crippen molar-refractivity contribution < 1.29 is 4.74 Å². The molecule has 0 saturated carbocycles. The second kappa shape index (κ2) is 7.48. The Labute approximate surface area is 131 Å². The van der Waals surface area contributed by atoms with Crippen molar-refractivity contribution in [3.8, 4) is 5.75 Å². The van der Waals surface area contributed by atoms with Gasteiger partial charge in [-0.1, -0.05) is 29.8 Å². The quantitative estimate of drug-likeness (QED) is 0.854. The van der Waals surface area contributed by atoms with Crippen LogP contribution in [0.4, 0.5) is 0 Å². The van der Waals surface area contributed by atoms with Crippen molar-refractivity contribution in [1.29, 1.82) is 0 Å². The van der Waals surface area contributed by atoms with Crippen molar-refractivity contribution >= 4 is 11.6 Å². The lowest BCUT2D eigenvalue weighted by Crippen LogP contribution is -2.34. The van der Waals surface area contributed by atoms with E-state index < -0.39 is 0 Å². The molecule has 0 spiro atoms. The Morgan fingerprint density at radius 2 is 2.05 bits per heavy atom. The van der Waals surface area contributed by atoms with Crippen LogP contribution < -0.4 is 10.1 Å². The molecule has 2 rings (SSSR count). The van der Waals surface area contributed by atoms with E-state index in [1.807, 2.05) is 49.0 Å². The summed E-state index contributed by atoms with van der Waals surface area (Å²) >= 11 is 6.36. The van der Waals surface area contributed by atoms with Crippen molar-refractivity contribution in [3.63, 3.8) is 0 Å². The molecule has 4 nitrogen and oxygen atoms in total. The van der Waals surface area contributed by atoms with E-state index in [0.717, 1.165) is 35.1 Å². The molecule has 21 heavy (non-hydrogen) atoms. The number of rotatable bonds is 7. The predicted molar refractivity (Wildman–Crippen MR) is 86.1 cm³/mol. The highest BCUT2D eigenvalue weighted by atomic mass is 35.5. The highest BCUT2D eigenvalue weighted by Crippen LogP contribution is 2.22. The minimum absolute atomic E-state index is 0.184. The molecule has 114 valence electrons. The molecule has 2 aromatic rings. The molecule has 0 fully saturated rings. The first-order chi connectivity index (χ1) is 10.2. The van der Waals surface area contributed by atoms with Crippen molar-refractivity contribution in [3.05, 3.63) is 46.7 Å². The minimum atomic E-state index is 0.184. The van der Waals surface area contributed by atoms with Gasteiger partial charge in [0.1, 0.15) is 12.4 Å². The Kier molecular flexibility index (Phi) is 5.65. The zero-order valence-corrected chi connectivity index (χ0v) is 13.5. The number of likely N-dealkylation sites (N-methyl/N-ethyl adjacent to an activating group) is 1. The number of halogens is 1. The van der Waals surface area contributed by atoms with Crippen LogP contribution in [0.2, 0.25) is 5.02 Å². The average Bonchev–Trinajstić information content (AvgIpc) is 2.79. The molecule has 1 N–H and O–H groups in total. The second-order valence-electron chi connectivity index (χ2n) is 4.98. The summed E-state index contributed by atoms with van der Waals surface area (Å²) in [5.74, 6) is 0.879. The first-order valence-electron chi connectivity index (χ1n) is 7.22. The maximum Gasteiger partial charge on any atom is 0.119 e. The summed E-state index contributed by atoms with van der Waals surface area (Å²) in [5, 5.41) is 8.50. The molecule has 1 atom stereocenters. The third kappa shape index (κ3) is 3.99. The zero-order valence-electron chi connectivity index (χ0n) is 12.8. The first-order valence-corrected chi connectivity index (χ1v) is 7.60. The van der Waals surface area contributed by atoms with Crippen LogP contribution in [0.5, 0.6) is 5.75 Å². The molecule has 0 aliphatic rings. The monoisotopic (exact) mass is 307 g/mol. The number of aryl methyl sites for hydroxylation is 2. The Bertz CT molecular complexity index is 568. The molecule has 1 heterocycles. The van der Waals surface area contributed by atoms with Gasteiger partial charge in [0.05, 0.1) is 16.4 Å². The lowest BCUT2D eigenvalue weighted by atomic mass is 10.1. The molecule has 0 aliphatic heterocycles. The fourth-order valence-corrected chi connectivity index (χ4v) is 2.47.